The highest BCUT2D eigenvalue weighted by Crippen LogP contribution is 2.21. The quantitative estimate of drug-likeness (QED) is 0.680. The van der Waals surface area contributed by atoms with E-state index in [2.05, 4.69) is 24.1 Å². The van der Waals surface area contributed by atoms with Crippen LogP contribution in [0.5, 0.6) is 0 Å². The van der Waals surface area contributed by atoms with Crippen molar-refractivity contribution in [1.82, 2.24) is 10.2 Å². The highest BCUT2D eigenvalue weighted by atomic mass is 35.5. The van der Waals surface area contributed by atoms with Gasteiger partial charge in [-0.1, -0.05) is 43.6 Å². The normalized spacial score (nSPS) is 21.7. The third-order valence-corrected chi connectivity index (χ3v) is 4.34. The molecule has 0 aromatic heterocycles. The van der Waals surface area contributed by atoms with E-state index in [0.717, 1.165) is 18.7 Å². The number of likely N-dealkylation sites (tertiary alicyclic amines) is 1. The number of carbonyl (C=O) groups excluding carboxylic acids is 1. The molecule has 4 nitrogen and oxygen atoms in total. The molecule has 1 aliphatic rings. The summed E-state index contributed by atoms with van der Waals surface area (Å²) in [5.74, 6) is 0.778. The Balaban J connectivity index is 2.00. The van der Waals surface area contributed by atoms with Crippen LogP contribution in [-0.4, -0.2) is 23.9 Å². The van der Waals surface area contributed by atoms with Crippen LogP contribution in [0.1, 0.15) is 25.8 Å². The molecule has 5 heteroatoms. The van der Waals surface area contributed by atoms with Crippen LogP contribution < -0.4 is 5.32 Å². The van der Waals surface area contributed by atoms with Crippen LogP contribution in [0.15, 0.2) is 36.0 Å². The molecule has 1 fully saturated rings. The molecule has 1 aromatic rings. The van der Waals surface area contributed by atoms with Crippen LogP contribution in [0, 0.1) is 23.2 Å². The van der Waals surface area contributed by atoms with Crippen molar-refractivity contribution in [3.05, 3.63) is 46.6 Å². The minimum atomic E-state index is -0.363. The van der Waals surface area contributed by atoms with Gasteiger partial charge in [-0.25, -0.2) is 0 Å². The highest BCUT2D eigenvalue weighted by molar-refractivity contribution is 6.31. The van der Waals surface area contributed by atoms with E-state index in [1.54, 1.807) is 12.3 Å². The summed E-state index contributed by atoms with van der Waals surface area (Å²) in [7, 11) is 0. The van der Waals surface area contributed by atoms with E-state index in [0.29, 0.717) is 23.4 Å². The Labute approximate surface area is 142 Å². The van der Waals surface area contributed by atoms with Crippen LogP contribution >= 0.6 is 11.6 Å². The lowest BCUT2D eigenvalue weighted by Gasteiger charge is -2.34. The number of benzene rings is 1. The number of rotatable bonds is 4. The molecular weight excluding hydrogens is 310 g/mol. The summed E-state index contributed by atoms with van der Waals surface area (Å²) in [6.45, 7) is 6.46. The number of nitrogens with one attached hydrogen (secondary N) is 1. The van der Waals surface area contributed by atoms with Gasteiger partial charge in [0.25, 0.3) is 5.91 Å². The fourth-order valence-corrected chi connectivity index (χ4v) is 3.25. The molecule has 122 valence electrons. The number of nitrogens with zero attached hydrogens (tertiary/aromatic N) is 2. The van der Waals surface area contributed by atoms with Gasteiger partial charge in [0, 0.05) is 30.9 Å². The van der Waals surface area contributed by atoms with E-state index < -0.39 is 0 Å². The zero-order valence-corrected chi connectivity index (χ0v) is 14.3. The molecule has 2 unspecified atom stereocenters. The average Bonchev–Trinajstić information content (AvgIpc) is 2.50. The standard InChI is InChI=1S/C18H22ClN3O/c1-13-7-14(2)11-22(10-13)12-16(8-20)18(23)21-9-15-5-3-4-6-17(15)19/h3-6,12-14H,7,9-11H2,1-2H3,(H,21,23)/b16-12-. The molecule has 0 spiro atoms. The van der Waals surface area contributed by atoms with Gasteiger partial charge in [0.2, 0.25) is 0 Å². The van der Waals surface area contributed by atoms with Crippen molar-refractivity contribution >= 4 is 17.5 Å². The first-order valence-corrected chi connectivity index (χ1v) is 8.25. The number of amides is 1. The molecule has 0 bridgehead atoms. The number of halogens is 1. The molecule has 0 radical (unpaired) electrons. The molecule has 0 aliphatic carbocycles. The van der Waals surface area contributed by atoms with Crippen molar-refractivity contribution < 1.29 is 4.79 Å². The van der Waals surface area contributed by atoms with Gasteiger partial charge >= 0.3 is 0 Å². The lowest BCUT2D eigenvalue weighted by Crippen LogP contribution is -2.36. The van der Waals surface area contributed by atoms with E-state index in [4.69, 9.17) is 11.6 Å². The Kier molecular flexibility index (Phi) is 6.06. The smallest absolute Gasteiger partial charge is 0.263 e. The summed E-state index contributed by atoms with van der Waals surface area (Å²) in [6.07, 6.45) is 2.87. The number of nitriles is 1. The monoisotopic (exact) mass is 331 g/mol. The van der Waals surface area contributed by atoms with Crippen LogP contribution in [0.2, 0.25) is 5.02 Å². The summed E-state index contributed by atoms with van der Waals surface area (Å²) in [5, 5.41) is 12.6. The minimum Gasteiger partial charge on any atom is -0.376 e. The first kappa shape index (κ1) is 17.4. The molecule has 1 amide bonds. The third-order valence-electron chi connectivity index (χ3n) is 3.97. The Hall–Kier alpha value is -1.99. The zero-order valence-electron chi connectivity index (χ0n) is 13.6. The van der Waals surface area contributed by atoms with Gasteiger partial charge in [-0.3, -0.25) is 4.79 Å². The highest BCUT2D eigenvalue weighted by Gasteiger charge is 2.21. The van der Waals surface area contributed by atoms with Gasteiger partial charge in [-0.15, -0.1) is 0 Å². The van der Waals surface area contributed by atoms with Gasteiger partial charge in [0.1, 0.15) is 11.6 Å². The van der Waals surface area contributed by atoms with E-state index in [-0.39, 0.29) is 11.5 Å². The summed E-state index contributed by atoms with van der Waals surface area (Å²) < 4.78 is 0. The van der Waals surface area contributed by atoms with E-state index in [1.807, 2.05) is 24.3 Å². The van der Waals surface area contributed by atoms with Crippen molar-refractivity contribution in [3.63, 3.8) is 0 Å². The van der Waals surface area contributed by atoms with Crippen molar-refractivity contribution in [3.8, 4) is 6.07 Å². The number of piperidine rings is 1. The first-order chi connectivity index (χ1) is 11.0. The maximum absolute atomic E-state index is 12.2. The third kappa shape index (κ3) is 5.01. The second kappa shape index (κ2) is 8.03. The molecule has 1 heterocycles. The second-order valence-electron chi connectivity index (χ2n) is 6.33. The first-order valence-electron chi connectivity index (χ1n) is 7.87. The fourth-order valence-electron chi connectivity index (χ4n) is 3.05. The number of carbonyl (C=O) groups is 1. The molecule has 2 atom stereocenters. The van der Waals surface area contributed by atoms with Gasteiger partial charge in [0.15, 0.2) is 0 Å². The fraction of sp³-hybridized carbons (Fsp3) is 0.444. The number of hydrogen-bond acceptors (Lipinski definition) is 3. The maximum atomic E-state index is 12.2. The largest absolute Gasteiger partial charge is 0.376 e. The zero-order chi connectivity index (χ0) is 16.8. The summed E-state index contributed by atoms with van der Waals surface area (Å²) >= 11 is 6.07. The Morgan fingerprint density at radius 2 is 2.04 bits per heavy atom. The summed E-state index contributed by atoms with van der Waals surface area (Å²) in [6, 6.07) is 9.34. The summed E-state index contributed by atoms with van der Waals surface area (Å²) in [4.78, 5) is 14.3. The molecule has 1 aliphatic heterocycles. The molecular formula is C18H22ClN3O. The van der Waals surface area contributed by atoms with E-state index in [9.17, 15) is 10.1 Å². The van der Waals surface area contributed by atoms with Crippen LogP contribution in [0.4, 0.5) is 0 Å². The SMILES string of the molecule is CC1CC(C)CN(/C=C(/C#N)C(=O)NCc2ccccc2Cl)C1. The molecule has 23 heavy (non-hydrogen) atoms. The lowest BCUT2D eigenvalue weighted by atomic mass is 9.92. The topological polar surface area (TPSA) is 56.1 Å². The van der Waals surface area contributed by atoms with Crippen molar-refractivity contribution in [2.75, 3.05) is 13.1 Å². The minimum absolute atomic E-state index is 0.137. The van der Waals surface area contributed by atoms with Crippen LogP contribution in [-0.2, 0) is 11.3 Å². The Morgan fingerprint density at radius 3 is 2.65 bits per heavy atom. The van der Waals surface area contributed by atoms with Gasteiger partial charge in [0.05, 0.1) is 0 Å². The lowest BCUT2D eigenvalue weighted by molar-refractivity contribution is -0.117. The Morgan fingerprint density at radius 1 is 1.39 bits per heavy atom. The van der Waals surface area contributed by atoms with Crippen LogP contribution in [0.25, 0.3) is 0 Å². The molecule has 2 rings (SSSR count). The molecule has 1 saturated heterocycles. The van der Waals surface area contributed by atoms with E-state index in [1.165, 1.54) is 6.42 Å². The second-order valence-corrected chi connectivity index (χ2v) is 6.74. The van der Waals surface area contributed by atoms with Gasteiger partial charge < -0.3 is 10.2 Å². The summed E-state index contributed by atoms with van der Waals surface area (Å²) in [5.41, 5.74) is 0.971. The molecule has 1 aromatic carbocycles. The van der Waals surface area contributed by atoms with Crippen molar-refractivity contribution in [2.24, 2.45) is 11.8 Å². The predicted molar refractivity (Wildman–Crippen MR) is 91.5 cm³/mol. The van der Waals surface area contributed by atoms with Gasteiger partial charge in [-0.05, 0) is 29.9 Å². The van der Waals surface area contributed by atoms with Gasteiger partial charge in [-0.2, -0.15) is 5.26 Å². The Bertz CT molecular complexity index is 625. The van der Waals surface area contributed by atoms with Crippen molar-refractivity contribution in [2.45, 2.75) is 26.8 Å². The van der Waals surface area contributed by atoms with Crippen molar-refractivity contribution in [1.29, 1.82) is 5.26 Å². The molecule has 1 N–H and O–H groups in total. The van der Waals surface area contributed by atoms with Crippen LogP contribution in [0.3, 0.4) is 0 Å². The molecule has 0 saturated carbocycles. The number of hydrogen-bond donors (Lipinski definition) is 1. The maximum Gasteiger partial charge on any atom is 0.263 e. The average molecular weight is 332 g/mol. The predicted octanol–water partition coefficient (Wildman–Crippen LogP) is 3.34. The van der Waals surface area contributed by atoms with E-state index >= 15 is 0 Å².